The summed E-state index contributed by atoms with van der Waals surface area (Å²) in [6.07, 6.45) is -6.55. The van der Waals surface area contributed by atoms with E-state index in [1.54, 1.807) is 0 Å². The summed E-state index contributed by atoms with van der Waals surface area (Å²) in [4.78, 5) is 1.06. The van der Waals surface area contributed by atoms with Crippen molar-refractivity contribution in [2.45, 2.75) is 18.6 Å². The van der Waals surface area contributed by atoms with Crippen molar-refractivity contribution in [3.63, 3.8) is 0 Å². The Bertz CT molecular complexity index is 551. The summed E-state index contributed by atoms with van der Waals surface area (Å²) in [5.74, 6) is -11.3. The van der Waals surface area contributed by atoms with Crippen LogP contribution >= 0.6 is 0 Å². The fraction of sp³-hybridized carbons (Fsp3) is 0.538. The van der Waals surface area contributed by atoms with Crippen molar-refractivity contribution in [2.75, 3.05) is 26.2 Å². The number of hydrogen-bond acceptors (Lipinski definition) is 2. The summed E-state index contributed by atoms with van der Waals surface area (Å²) in [5.41, 5.74) is -1.44. The van der Waals surface area contributed by atoms with Crippen molar-refractivity contribution >= 4 is 0 Å². The molecular weight excluding hydrogens is 336 g/mol. The van der Waals surface area contributed by atoms with E-state index in [9.17, 15) is 35.1 Å². The zero-order chi connectivity index (χ0) is 17.4. The van der Waals surface area contributed by atoms with E-state index in [1.165, 1.54) is 0 Å². The first kappa shape index (κ1) is 17.9. The Labute approximate surface area is 126 Å². The minimum Gasteiger partial charge on any atom is -0.314 e. The molecule has 10 heteroatoms. The number of nitrogens with zero attached hydrogens (tertiary/aromatic N) is 1. The van der Waals surface area contributed by atoms with Crippen molar-refractivity contribution < 1.29 is 35.1 Å². The topological polar surface area (TPSA) is 15.3 Å². The molecule has 1 aromatic rings. The van der Waals surface area contributed by atoms with Crippen molar-refractivity contribution in [2.24, 2.45) is 0 Å². The van der Waals surface area contributed by atoms with Crippen LogP contribution in [-0.2, 0) is 0 Å². The molecule has 2 nitrogen and oxygen atoms in total. The molecule has 1 saturated heterocycles. The van der Waals surface area contributed by atoms with E-state index in [-0.39, 0.29) is 26.2 Å². The predicted octanol–water partition coefficient (Wildman–Crippen LogP) is 3.28. The van der Waals surface area contributed by atoms with Crippen molar-refractivity contribution in [1.82, 2.24) is 10.2 Å². The molecule has 2 rings (SSSR count). The van der Waals surface area contributed by atoms with E-state index >= 15 is 0 Å². The van der Waals surface area contributed by atoms with Gasteiger partial charge in [0, 0.05) is 37.8 Å². The summed E-state index contributed by atoms with van der Waals surface area (Å²) in [6, 6.07) is -1.98. The van der Waals surface area contributed by atoms with Crippen LogP contribution in [0.25, 0.3) is 0 Å². The molecule has 1 aliphatic rings. The molecule has 0 radical (unpaired) electrons. The Morgan fingerprint density at radius 3 is 1.70 bits per heavy atom. The first-order valence-corrected chi connectivity index (χ1v) is 6.66. The molecule has 1 N–H and O–H groups in total. The summed E-state index contributed by atoms with van der Waals surface area (Å²) < 4.78 is 106. The standard InChI is InChI=1S/C13H12F8N2/c14-8-7(9(15)11(17)12(18)10(8)16)6(5-13(19,20)21)23-3-1-22-2-4-23/h6,22H,1-5H2/t6-/m0/s1. The third kappa shape index (κ3) is 3.74. The summed E-state index contributed by atoms with van der Waals surface area (Å²) in [7, 11) is 0. The smallest absolute Gasteiger partial charge is 0.314 e. The van der Waals surface area contributed by atoms with Gasteiger partial charge in [0.2, 0.25) is 5.82 Å². The van der Waals surface area contributed by atoms with E-state index < -0.39 is 53.3 Å². The summed E-state index contributed by atoms with van der Waals surface area (Å²) in [5, 5.41) is 2.83. The number of piperazine rings is 1. The molecule has 23 heavy (non-hydrogen) atoms. The number of halogens is 8. The molecule has 1 atom stereocenters. The van der Waals surface area contributed by atoms with Gasteiger partial charge in [0.15, 0.2) is 23.3 Å². The lowest BCUT2D eigenvalue weighted by Gasteiger charge is -2.36. The van der Waals surface area contributed by atoms with Gasteiger partial charge in [-0.1, -0.05) is 0 Å². The minimum atomic E-state index is -4.84. The van der Waals surface area contributed by atoms with E-state index in [0.717, 1.165) is 4.90 Å². The van der Waals surface area contributed by atoms with Crippen molar-refractivity contribution in [3.05, 3.63) is 34.6 Å². The van der Waals surface area contributed by atoms with Gasteiger partial charge in [-0.05, 0) is 0 Å². The van der Waals surface area contributed by atoms with Crippen molar-refractivity contribution in [3.8, 4) is 0 Å². The molecule has 0 aliphatic carbocycles. The highest BCUT2D eigenvalue weighted by Gasteiger charge is 2.40. The normalized spacial score (nSPS) is 18.3. The van der Waals surface area contributed by atoms with Crippen LogP contribution in [0.1, 0.15) is 18.0 Å². The zero-order valence-corrected chi connectivity index (χ0v) is 11.6. The SMILES string of the molecule is Fc1c(F)c(F)c([C@H](CC(F)(F)F)N2CCNCC2)c(F)c1F. The maximum absolute atomic E-state index is 13.9. The van der Waals surface area contributed by atoms with Crippen LogP contribution < -0.4 is 5.32 Å². The molecule has 0 spiro atoms. The monoisotopic (exact) mass is 348 g/mol. The van der Waals surface area contributed by atoms with Gasteiger partial charge in [-0.15, -0.1) is 0 Å². The summed E-state index contributed by atoms with van der Waals surface area (Å²) in [6.45, 7) is 0.452. The molecule has 1 fully saturated rings. The largest absolute Gasteiger partial charge is 0.390 e. The molecule has 1 heterocycles. The Morgan fingerprint density at radius 1 is 0.826 bits per heavy atom. The highest BCUT2D eigenvalue weighted by atomic mass is 19.4. The van der Waals surface area contributed by atoms with E-state index in [1.807, 2.05) is 0 Å². The van der Waals surface area contributed by atoms with Crippen molar-refractivity contribution in [1.29, 1.82) is 0 Å². The number of nitrogens with one attached hydrogen (secondary N) is 1. The van der Waals surface area contributed by atoms with Gasteiger partial charge < -0.3 is 5.32 Å². The third-order valence-electron chi connectivity index (χ3n) is 3.59. The van der Waals surface area contributed by atoms with Crippen LogP contribution in [0.15, 0.2) is 0 Å². The van der Waals surface area contributed by atoms with Gasteiger partial charge in [-0.3, -0.25) is 4.90 Å². The highest BCUT2D eigenvalue weighted by molar-refractivity contribution is 5.27. The first-order chi connectivity index (χ1) is 10.6. The van der Waals surface area contributed by atoms with Gasteiger partial charge in [0.1, 0.15) is 0 Å². The lowest BCUT2D eigenvalue weighted by molar-refractivity contribution is -0.149. The minimum absolute atomic E-state index is 0.0136. The zero-order valence-electron chi connectivity index (χ0n) is 11.6. The predicted molar refractivity (Wildman–Crippen MR) is 64.1 cm³/mol. The van der Waals surface area contributed by atoms with Crippen LogP contribution in [0.2, 0.25) is 0 Å². The van der Waals surface area contributed by atoms with E-state index in [2.05, 4.69) is 5.32 Å². The maximum atomic E-state index is 13.9. The second kappa shape index (κ2) is 6.60. The fourth-order valence-electron chi connectivity index (χ4n) is 2.54. The molecule has 0 saturated carbocycles. The molecular formula is C13H12F8N2. The van der Waals surface area contributed by atoms with Gasteiger partial charge in [-0.2, -0.15) is 13.2 Å². The lowest BCUT2D eigenvalue weighted by atomic mass is 9.98. The molecule has 1 aliphatic heterocycles. The number of benzene rings is 1. The maximum Gasteiger partial charge on any atom is 0.390 e. The van der Waals surface area contributed by atoms with Crippen LogP contribution in [0.4, 0.5) is 35.1 Å². The Kier molecular flexibility index (Phi) is 5.14. The van der Waals surface area contributed by atoms with E-state index in [0.29, 0.717) is 0 Å². The van der Waals surface area contributed by atoms with Crippen LogP contribution in [0.5, 0.6) is 0 Å². The third-order valence-corrected chi connectivity index (χ3v) is 3.59. The highest BCUT2D eigenvalue weighted by Crippen LogP contribution is 2.38. The average molecular weight is 348 g/mol. The molecule has 0 bridgehead atoms. The van der Waals surface area contributed by atoms with Gasteiger partial charge in [0.05, 0.1) is 6.42 Å². The first-order valence-electron chi connectivity index (χ1n) is 6.66. The van der Waals surface area contributed by atoms with Crippen LogP contribution in [-0.4, -0.2) is 37.3 Å². The second-order valence-electron chi connectivity index (χ2n) is 5.10. The van der Waals surface area contributed by atoms with E-state index in [4.69, 9.17) is 0 Å². The number of hydrogen-bond donors (Lipinski definition) is 1. The molecule has 0 unspecified atom stereocenters. The Balaban J connectivity index is 2.54. The molecule has 0 aromatic heterocycles. The lowest BCUT2D eigenvalue weighted by Crippen LogP contribution is -2.46. The van der Waals surface area contributed by atoms with Crippen LogP contribution in [0, 0.1) is 29.1 Å². The Morgan fingerprint density at radius 2 is 1.26 bits per heavy atom. The van der Waals surface area contributed by atoms with Gasteiger partial charge in [0.25, 0.3) is 0 Å². The quantitative estimate of drug-likeness (QED) is 0.512. The molecule has 0 amide bonds. The van der Waals surface area contributed by atoms with Crippen LogP contribution in [0.3, 0.4) is 0 Å². The second-order valence-corrected chi connectivity index (χ2v) is 5.10. The summed E-state index contributed by atoms with van der Waals surface area (Å²) >= 11 is 0. The Hall–Kier alpha value is -1.42. The average Bonchev–Trinajstić information content (AvgIpc) is 2.50. The number of rotatable bonds is 3. The fourth-order valence-corrected chi connectivity index (χ4v) is 2.54. The van der Waals surface area contributed by atoms with Gasteiger partial charge in [-0.25, -0.2) is 22.0 Å². The molecule has 1 aromatic carbocycles. The van der Waals surface area contributed by atoms with Gasteiger partial charge >= 0.3 is 6.18 Å². The number of alkyl halides is 3. The molecule has 130 valence electrons.